The van der Waals surface area contributed by atoms with E-state index in [9.17, 15) is 9.59 Å². The molecule has 1 aromatic rings. The third-order valence-corrected chi connectivity index (χ3v) is 2.33. The molecule has 1 atom stereocenters. The van der Waals surface area contributed by atoms with Gasteiger partial charge in [-0.3, -0.25) is 14.6 Å². The Kier molecular flexibility index (Phi) is 4.82. The van der Waals surface area contributed by atoms with Gasteiger partial charge in [0.15, 0.2) is 0 Å². The van der Waals surface area contributed by atoms with Crippen molar-refractivity contribution in [3.8, 4) is 0 Å². The zero-order valence-corrected chi connectivity index (χ0v) is 10.4. The first-order valence-electron chi connectivity index (χ1n) is 5.64. The Morgan fingerprint density at radius 3 is 2.65 bits per heavy atom. The molecule has 4 heteroatoms. The lowest BCUT2D eigenvalue weighted by Crippen LogP contribution is -2.36. The van der Waals surface area contributed by atoms with E-state index in [0.717, 1.165) is 5.69 Å². The summed E-state index contributed by atoms with van der Waals surface area (Å²) < 4.78 is 0. The van der Waals surface area contributed by atoms with E-state index in [1.54, 1.807) is 12.1 Å². The molecule has 1 aromatic heterocycles. The highest BCUT2D eigenvalue weighted by atomic mass is 16.2. The van der Waals surface area contributed by atoms with Gasteiger partial charge in [0.25, 0.3) is 5.91 Å². The number of aromatic nitrogens is 1. The standard InChI is InChI=1S/C13H17N2O2/c1-9(2)6-12(8-16)15-13(17)11-5-4-10(3)14-7-11/h4-5,7,9,12H,6H2,1-3H3,(H,15,17)/t12-/m0/s1. The average Bonchev–Trinajstić information content (AvgIpc) is 2.28. The molecule has 0 saturated heterocycles. The fourth-order valence-electron chi connectivity index (χ4n) is 1.45. The molecular weight excluding hydrogens is 216 g/mol. The molecule has 0 unspecified atom stereocenters. The molecular formula is C13H17N2O2. The number of aryl methyl sites for hydroxylation is 1. The third kappa shape index (κ3) is 4.34. The molecule has 91 valence electrons. The number of pyridine rings is 1. The van der Waals surface area contributed by atoms with Crippen LogP contribution in [-0.4, -0.2) is 23.2 Å². The molecule has 0 aromatic carbocycles. The maximum absolute atomic E-state index is 11.8. The number of hydrogen-bond acceptors (Lipinski definition) is 3. The van der Waals surface area contributed by atoms with Crippen LogP contribution in [0.15, 0.2) is 18.3 Å². The Bertz CT molecular complexity index is 385. The van der Waals surface area contributed by atoms with Crippen molar-refractivity contribution in [3.05, 3.63) is 29.6 Å². The van der Waals surface area contributed by atoms with Crippen molar-refractivity contribution in [2.45, 2.75) is 33.2 Å². The van der Waals surface area contributed by atoms with Gasteiger partial charge in [-0.2, -0.15) is 0 Å². The minimum absolute atomic E-state index is 0.286. The van der Waals surface area contributed by atoms with Crippen LogP contribution in [-0.2, 0) is 4.79 Å². The first-order valence-corrected chi connectivity index (χ1v) is 5.64. The molecule has 0 spiro atoms. The summed E-state index contributed by atoms with van der Waals surface area (Å²) in [5.74, 6) is 0.0457. The predicted octanol–water partition coefficient (Wildman–Crippen LogP) is 1.64. The lowest BCUT2D eigenvalue weighted by Gasteiger charge is -2.13. The van der Waals surface area contributed by atoms with Gasteiger partial charge in [-0.25, -0.2) is 0 Å². The number of carbonyl (C=O) groups excluding carboxylic acids is 2. The molecule has 0 bridgehead atoms. The molecule has 0 aliphatic rings. The summed E-state index contributed by atoms with van der Waals surface area (Å²) in [7, 11) is 0. The van der Waals surface area contributed by atoms with E-state index in [1.807, 2.05) is 27.1 Å². The molecule has 1 amide bonds. The Morgan fingerprint density at radius 1 is 1.47 bits per heavy atom. The van der Waals surface area contributed by atoms with E-state index < -0.39 is 6.04 Å². The minimum Gasteiger partial charge on any atom is -0.342 e. The Morgan fingerprint density at radius 2 is 2.18 bits per heavy atom. The molecule has 1 rings (SSSR count). The quantitative estimate of drug-likeness (QED) is 0.841. The molecule has 17 heavy (non-hydrogen) atoms. The van der Waals surface area contributed by atoms with Crippen LogP contribution in [0.4, 0.5) is 0 Å². The number of hydrogen-bond donors (Lipinski definition) is 1. The van der Waals surface area contributed by atoms with Crippen LogP contribution in [0.5, 0.6) is 0 Å². The van der Waals surface area contributed by atoms with Gasteiger partial charge < -0.3 is 5.32 Å². The van der Waals surface area contributed by atoms with Crippen molar-refractivity contribution < 1.29 is 9.59 Å². The van der Waals surface area contributed by atoms with Crippen LogP contribution in [0.2, 0.25) is 0 Å². The lowest BCUT2D eigenvalue weighted by atomic mass is 10.0. The van der Waals surface area contributed by atoms with Crippen LogP contribution >= 0.6 is 0 Å². The SMILES string of the molecule is Cc1ccc(C(=O)N[C@H]([C]=O)CC(C)C)cn1. The zero-order chi connectivity index (χ0) is 12.8. The zero-order valence-electron chi connectivity index (χ0n) is 10.4. The predicted molar refractivity (Wildman–Crippen MR) is 65.4 cm³/mol. The number of carbonyl (C=O) groups is 1. The Hall–Kier alpha value is -1.71. The summed E-state index contributed by atoms with van der Waals surface area (Å²) in [6.07, 6.45) is 3.94. The molecule has 1 heterocycles. The van der Waals surface area contributed by atoms with Gasteiger partial charge in [-0.1, -0.05) is 13.8 Å². The van der Waals surface area contributed by atoms with Crippen molar-refractivity contribution in [1.82, 2.24) is 10.3 Å². The van der Waals surface area contributed by atoms with E-state index in [4.69, 9.17) is 0 Å². The van der Waals surface area contributed by atoms with E-state index in [1.165, 1.54) is 6.20 Å². The second-order valence-electron chi connectivity index (χ2n) is 4.46. The van der Waals surface area contributed by atoms with Crippen molar-refractivity contribution in [3.63, 3.8) is 0 Å². The number of nitrogens with zero attached hydrogens (tertiary/aromatic N) is 1. The van der Waals surface area contributed by atoms with E-state index >= 15 is 0 Å². The van der Waals surface area contributed by atoms with E-state index in [-0.39, 0.29) is 5.91 Å². The van der Waals surface area contributed by atoms with Crippen molar-refractivity contribution in [1.29, 1.82) is 0 Å². The number of rotatable bonds is 5. The highest BCUT2D eigenvalue weighted by Crippen LogP contribution is 2.05. The minimum atomic E-state index is -0.552. The summed E-state index contributed by atoms with van der Waals surface area (Å²) >= 11 is 0. The molecule has 0 fully saturated rings. The smallest absolute Gasteiger partial charge is 0.253 e. The van der Waals surface area contributed by atoms with Crippen LogP contribution < -0.4 is 5.32 Å². The fraction of sp³-hybridized carbons (Fsp3) is 0.462. The largest absolute Gasteiger partial charge is 0.342 e. The Balaban J connectivity index is 2.64. The average molecular weight is 233 g/mol. The van der Waals surface area contributed by atoms with Crippen LogP contribution in [0.25, 0.3) is 0 Å². The number of amides is 1. The highest BCUT2D eigenvalue weighted by molar-refractivity contribution is 5.95. The highest BCUT2D eigenvalue weighted by Gasteiger charge is 2.15. The van der Waals surface area contributed by atoms with Crippen molar-refractivity contribution in [2.75, 3.05) is 0 Å². The van der Waals surface area contributed by atoms with Crippen LogP contribution in [0.1, 0.15) is 36.3 Å². The molecule has 4 nitrogen and oxygen atoms in total. The number of nitrogens with one attached hydrogen (secondary N) is 1. The lowest BCUT2D eigenvalue weighted by molar-refractivity contribution is 0.0943. The van der Waals surface area contributed by atoms with Crippen molar-refractivity contribution >= 4 is 12.2 Å². The summed E-state index contributed by atoms with van der Waals surface area (Å²) in [4.78, 5) is 26.5. The third-order valence-electron chi connectivity index (χ3n) is 2.33. The van der Waals surface area contributed by atoms with E-state index in [0.29, 0.717) is 17.9 Å². The topological polar surface area (TPSA) is 59.1 Å². The van der Waals surface area contributed by atoms with Gasteiger partial charge in [0, 0.05) is 11.9 Å². The molecule has 0 saturated carbocycles. The van der Waals surface area contributed by atoms with Gasteiger partial charge in [0.1, 0.15) is 0 Å². The van der Waals surface area contributed by atoms with Gasteiger partial charge in [0.05, 0.1) is 11.6 Å². The first kappa shape index (κ1) is 13.4. The monoisotopic (exact) mass is 233 g/mol. The van der Waals surface area contributed by atoms with Gasteiger partial charge in [-0.15, -0.1) is 0 Å². The maximum atomic E-state index is 11.8. The molecule has 1 N–H and O–H groups in total. The Labute approximate surface area is 101 Å². The summed E-state index contributed by atoms with van der Waals surface area (Å²) in [5.41, 5.74) is 1.31. The van der Waals surface area contributed by atoms with Gasteiger partial charge in [-0.05, 0) is 31.4 Å². The summed E-state index contributed by atoms with van der Waals surface area (Å²) in [6.45, 7) is 5.83. The second kappa shape index (κ2) is 6.13. The van der Waals surface area contributed by atoms with E-state index in [2.05, 4.69) is 10.3 Å². The van der Waals surface area contributed by atoms with Gasteiger partial charge in [0.2, 0.25) is 6.29 Å². The van der Waals surface area contributed by atoms with Crippen LogP contribution in [0.3, 0.4) is 0 Å². The molecule has 0 aliphatic carbocycles. The summed E-state index contributed by atoms with van der Waals surface area (Å²) in [5, 5.41) is 2.63. The maximum Gasteiger partial charge on any atom is 0.253 e. The molecule has 1 radical (unpaired) electrons. The van der Waals surface area contributed by atoms with Gasteiger partial charge >= 0.3 is 0 Å². The second-order valence-corrected chi connectivity index (χ2v) is 4.46. The van der Waals surface area contributed by atoms with Crippen LogP contribution in [0, 0.1) is 12.8 Å². The fourth-order valence-corrected chi connectivity index (χ4v) is 1.45. The normalized spacial score (nSPS) is 12.2. The first-order chi connectivity index (χ1) is 8.02. The van der Waals surface area contributed by atoms with Crippen molar-refractivity contribution in [2.24, 2.45) is 5.92 Å². The molecule has 0 aliphatic heterocycles. The summed E-state index contributed by atoms with van der Waals surface area (Å²) in [6, 6.07) is 2.90.